The number of nitrogens with zero attached hydrogens (tertiary/aromatic N) is 4. The van der Waals surface area contributed by atoms with E-state index in [9.17, 15) is 9.59 Å². The van der Waals surface area contributed by atoms with Crippen LogP contribution in [0.1, 0.15) is 0 Å². The van der Waals surface area contributed by atoms with E-state index in [0.29, 0.717) is 5.52 Å². The largest absolute Gasteiger partial charge is 0.467 e. The summed E-state index contributed by atoms with van der Waals surface area (Å²) in [6, 6.07) is 1.77. The summed E-state index contributed by atoms with van der Waals surface area (Å²) in [7, 11) is 2.84. The van der Waals surface area contributed by atoms with E-state index in [-0.39, 0.29) is 24.7 Å². The molecule has 0 atom stereocenters. The Morgan fingerprint density at radius 1 is 1.60 bits per heavy atom. The van der Waals surface area contributed by atoms with E-state index in [1.165, 1.54) is 23.2 Å². The Kier molecular flexibility index (Phi) is 3.98. The maximum absolute atomic E-state index is 12.3. The molecule has 1 amide bonds. The Morgan fingerprint density at radius 3 is 2.90 bits per heavy atom. The van der Waals surface area contributed by atoms with E-state index < -0.39 is 6.09 Å². The summed E-state index contributed by atoms with van der Waals surface area (Å²) >= 11 is 3.28. The molecule has 108 valence electrons. The average Bonchev–Trinajstić information content (AvgIpc) is 2.77. The van der Waals surface area contributed by atoms with Crippen molar-refractivity contribution in [1.82, 2.24) is 19.1 Å². The van der Waals surface area contributed by atoms with Gasteiger partial charge in [0.15, 0.2) is 0 Å². The van der Waals surface area contributed by atoms with Gasteiger partial charge in [-0.25, -0.2) is 9.31 Å². The molecule has 0 bridgehead atoms. The highest BCUT2D eigenvalue weighted by atomic mass is 79.9. The molecule has 0 spiro atoms. The van der Waals surface area contributed by atoms with Gasteiger partial charge in [-0.2, -0.15) is 0 Å². The SMILES string of the molecule is COc1nn2cc(Br)cc2c(=O)n1CCN(C)C(=O)O. The zero-order valence-corrected chi connectivity index (χ0v) is 12.5. The van der Waals surface area contributed by atoms with Crippen molar-refractivity contribution in [2.45, 2.75) is 6.54 Å². The van der Waals surface area contributed by atoms with Crippen LogP contribution in [0.25, 0.3) is 5.52 Å². The average molecular weight is 345 g/mol. The van der Waals surface area contributed by atoms with Gasteiger partial charge in [0.1, 0.15) is 5.52 Å². The topological polar surface area (TPSA) is 89.1 Å². The Bertz CT molecular complexity index is 708. The number of amides is 1. The standard InChI is InChI=1S/C11H13BrN4O4/c1-14(11(18)19)3-4-15-9(17)8-5-7(12)6-16(8)13-10(15)20-2/h5-6H,3-4H2,1-2H3,(H,18,19). The van der Waals surface area contributed by atoms with Gasteiger partial charge in [-0.15, -0.1) is 5.10 Å². The van der Waals surface area contributed by atoms with Gasteiger partial charge in [0.05, 0.1) is 7.11 Å². The number of carbonyl (C=O) groups is 1. The number of halogens is 1. The molecule has 0 saturated heterocycles. The Morgan fingerprint density at radius 2 is 2.30 bits per heavy atom. The molecule has 0 fully saturated rings. The number of methoxy groups -OCH3 is 1. The highest BCUT2D eigenvalue weighted by Crippen LogP contribution is 2.14. The van der Waals surface area contributed by atoms with Gasteiger partial charge in [-0.3, -0.25) is 9.36 Å². The quantitative estimate of drug-likeness (QED) is 0.889. The van der Waals surface area contributed by atoms with Crippen LogP contribution >= 0.6 is 15.9 Å². The molecule has 2 aromatic heterocycles. The molecule has 2 aromatic rings. The third kappa shape index (κ3) is 2.62. The maximum Gasteiger partial charge on any atom is 0.407 e. The Balaban J connectivity index is 2.43. The third-order valence-corrected chi connectivity index (χ3v) is 3.26. The number of rotatable bonds is 4. The van der Waals surface area contributed by atoms with E-state index >= 15 is 0 Å². The molecule has 0 aliphatic carbocycles. The first-order valence-corrected chi connectivity index (χ1v) is 6.50. The Labute approximate surface area is 122 Å². The maximum atomic E-state index is 12.3. The normalized spacial score (nSPS) is 10.8. The summed E-state index contributed by atoms with van der Waals surface area (Å²) in [5, 5.41) is 13.0. The van der Waals surface area contributed by atoms with E-state index in [4.69, 9.17) is 9.84 Å². The van der Waals surface area contributed by atoms with Gasteiger partial charge < -0.3 is 14.7 Å². The van der Waals surface area contributed by atoms with E-state index in [1.54, 1.807) is 12.3 Å². The number of likely N-dealkylation sites (N-methyl/N-ethyl adjacent to an activating group) is 1. The summed E-state index contributed by atoms with van der Waals surface area (Å²) in [5.41, 5.74) is 0.0944. The lowest BCUT2D eigenvalue weighted by Crippen LogP contribution is -2.33. The van der Waals surface area contributed by atoms with Gasteiger partial charge in [-0.05, 0) is 22.0 Å². The second-order valence-corrected chi connectivity index (χ2v) is 5.05. The summed E-state index contributed by atoms with van der Waals surface area (Å²) < 4.78 is 8.54. The number of aromatic nitrogens is 3. The second-order valence-electron chi connectivity index (χ2n) is 4.14. The zero-order valence-electron chi connectivity index (χ0n) is 10.9. The fourth-order valence-corrected chi connectivity index (χ4v) is 2.14. The molecular formula is C11H13BrN4O4. The summed E-state index contributed by atoms with van der Waals surface area (Å²) in [6.07, 6.45) is 0.587. The molecule has 1 N–H and O–H groups in total. The van der Waals surface area contributed by atoms with Gasteiger partial charge in [0.25, 0.3) is 5.56 Å². The lowest BCUT2D eigenvalue weighted by Gasteiger charge is -2.15. The van der Waals surface area contributed by atoms with Gasteiger partial charge in [-0.1, -0.05) is 0 Å². The van der Waals surface area contributed by atoms with E-state index in [2.05, 4.69) is 21.0 Å². The molecule has 9 heteroatoms. The van der Waals surface area contributed by atoms with Crippen molar-refractivity contribution in [2.75, 3.05) is 20.7 Å². The Hall–Kier alpha value is -2.03. The highest BCUT2D eigenvalue weighted by molar-refractivity contribution is 9.10. The minimum atomic E-state index is -1.06. The minimum Gasteiger partial charge on any atom is -0.467 e. The molecule has 0 aromatic carbocycles. The van der Waals surface area contributed by atoms with Crippen LogP contribution < -0.4 is 10.3 Å². The molecule has 0 aliphatic heterocycles. The van der Waals surface area contributed by atoms with Crippen LogP contribution in [0.2, 0.25) is 0 Å². The summed E-state index contributed by atoms with van der Waals surface area (Å²) in [4.78, 5) is 24.2. The molecule has 2 heterocycles. The van der Waals surface area contributed by atoms with Gasteiger partial charge in [0.2, 0.25) is 0 Å². The second kappa shape index (κ2) is 5.53. The van der Waals surface area contributed by atoms with Gasteiger partial charge >= 0.3 is 12.1 Å². The molecule has 20 heavy (non-hydrogen) atoms. The number of hydrogen-bond donors (Lipinski definition) is 1. The molecule has 0 saturated carbocycles. The van der Waals surface area contributed by atoms with Crippen molar-refractivity contribution >= 4 is 27.5 Å². The van der Waals surface area contributed by atoms with Crippen LogP contribution in [0.4, 0.5) is 4.79 Å². The fourth-order valence-electron chi connectivity index (χ4n) is 1.73. The number of fused-ring (bicyclic) bond motifs is 1. The first-order chi connectivity index (χ1) is 9.43. The molecule has 0 unspecified atom stereocenters. The summed E-state index contributed by atoms with van der Waals surface area (Å²) in [6.45, 7) is 0.322. The minimum absolute atomic E-state index is 0.129. The van der Waals surface area contributed by atoms with E-state index in [1.807, 2.05) is 0 Å². The van der Waals surface area contributed by atoms with Crippen molar-refractivity contribution in [3.8, 4) is 6.01 Å². The van der Waals surface area contributed by atoms with Crippen LogP contribution in [0.3, 0.4) is 0 Å². The predicted octanol–water partition coefficient (Wildman–Crippen LogP) is 0.877. The lowest BCUT2D eigenvalue weighted by molar-refractivity contribution is 0.153. The molecule has 8 nitrogen and oxygen atoms in total. The smallest absolute Gasteiger partial charge is 0.407 e. The van der Waals surface area contributed by atoms with Crippen molar-refractivity contribution < 1.29 is 14.6 Å². The number of hydrogen-bond acceptors (Lipinski definition) is 4. The van der Waals surface area contributed by atoms with Crippen molar-refractivity contribution in [1.29, 1.82) is 0 Å². The van der Waals surface area contributed by atoms with Crippen molar-refractivity contribution in [3.05, 3.63) is 27.1 Å². The van der Waals surface area contributed by atoms with Crippen LogP contribution in [0.5, 0.6) is 6.01 Å². The van der Waals surface area contributed by atoms with Gasteiger partial charge in [0, 0.05) is 30.8 Å². The number of ether oxygens (including phenoxy) is 1. The first-order valence-electron chi connectivity index (χ1n) is 5.71. The molecule has 2 rings (SSSR count). The van der Waals surface area contributed by atoms with Crippen LogP contribution in [0.15, 0.2) is 21.5 Å². The molecule has 0 radical (unpaired) electrons. The fraction of sp³-hybridized carbons (Fsp3) is 0.364. The number of carboxylic acid groups (broad SMARTS) is 1. The lowest BCUT2D eigenvalue weighted by atomic mass is 10.5. The van der Waals surface area contributed by atoms with E-state index in [0.717, 1.165) is 9.37 Å². The van der Waals surface area contributed by atoms with Crippen molar-refractivity contribution in [2.24, 2.45) is 0 Å². The zero-order chi connectivity index (χ0) is 14.9. The molecular weight excluding hydrogens is 332 g/mol. The summed E-state index contributed by atoms with van der Waals surface area (Å²) in [5.74, 6) is 0. The first kappa shape index (κ1) is 14.4. The van der Waals surface area contributed by atoms with Crippen LogP contribution in [-0.4, -0.2) is 51.0 Å². The highest BCUT2D eigenvalue weighted by Gasteiger charge is 2.14. The molecule has 0 aliphatic rings. The third-order valence-electron chi connectivity index (χ3n) is 2.82. The monoisotopic (exact) mass is 344 g/mol. The predicted molar refractivity (Wildman–Crippen MR) is 74.4 cm³/mol. The van der Waals surface area contributed by atoms with Crippen LogP contribution in [0, 0.1) is 0 Å². The van der Waals surface area contributed by atoms with Crippen LogP contribution in [-0.2, 0) is 6.54 Å². The van der Waals surface area contributed by atoms with Crippen molar-refractivity contribution in [3.63, 3.8) is 0 Å².